The van der Waals surface area contributed by atoms with Gasteiger partial charge >= 0.3 is 12.7 Å². The van der Waals surface area contributed by atoms with E-state index in [9.17, 15) is 35.2 Å². The summed E-state index contributed by atoms with van der Waals surface area (Å²) in [6.07, 6.45) is -3.07. The van der Waals surface area contributed by atoms with Gasteiger partial charge in [-0.25, -0.2) is 4.68 Å². The number of halogens is 6. The van der Waals surface area contributed by atoms with Crippen molar-refractivity contribution in [3.63, 3.8) is 0 Å². The number of carbonyl (C=O) groups excluding carboxylic acids is 1. The van der Waals surface area contributed by atoms with Crippen molar-refractivity contribution in [2.24, 2.45) is 4.40 Å². The van der Waals surface area contributed by atoms with E-state index >= 15 is 0 Å². The van der Waals surface area contributed by atoms with Crippen molar-refractivity contribution in [3.05, 3.63) is 64.9 Å². The third-order valence-electron chi connectivity index (χ3n) is 4.82. The smallest absolute Gasteiger partial charge is 0.368 e. The first-order valence-electron chi connectivity index (χ1n) is 10.3. The molecule has 1 heterocycles. The number of amides is 1. The fraction of sp³-hybridized carbons (Fsp3) is 0.227. The van der Waals surface area contributed by atoms with E-state index < -0.39 is 56.8 Å². The molecule has 1 N–H and O–H groups in total. The van der Waals surface area contributed by atoms with Gasteiger partial charge in [0.1, 0.15) is 6.34 Å². The van der Waals surface area contributed by atoms with Gasteiger partial charge < -0.3 is 10.2 Å². The van der Waals surface area contributed by atoms with Crippen LogP contribution < -0.4 is 5.32 Å². The number of carbonyl (C=O) groups is 1. The molecule has 198 valence electrons. The molecule has 0 atom stereocenters. The second-order valence-corrected chi connectivity index (χ2v) is 9.86. The normalized spacial score (nSPS) is 12.4. The number of alkyl halides is 5. The standard InChI is InChI=1S/C22H19ClF5N5O3S/c1-32(2)12-30-37(35,36)19-9-18(31-20(34)7-13-5-3-4-6-17(13)23)16(22(26,27)28)8-15(19)14-10-29-33(11-14)21(24)25/h3-6,8-12,21H,7H2,1-2H3,(H,31,34)/b30-12+. The molecule has 0 aliphatic rings. The third-order valence-corrected chi connectivity index (χ3v) is 6.45. The summed E-state index contributed by atoms with van der Waals surface area (Å²) in [4.78, 5) is 13.1. The molecule has 1 amide bonds. The Kier molecular flexibility index (Phi) is 8.22. The summed E-state index contributed by atoms with van der Waals surface area (Å²) < 4.78 is 97.7. The molecule has 0 unspecified atom stereocenters. The number of hydrogen-bond donors (Lipinski definition) is 1. The maximum Gasteiger partial charge on any atom is 0.418 e. The van der Waals surface area contributed by atoms with Gasteiger partial charge in [-0.1, -0.05) is 29.8 Å². The highest BCUT2D eigenvalue weighted by Gasteiger charge is 2.37. The van der Waals surface area contributed by atoms with Crippen molar-refractivity contribution in [2.45, 2.75) is 24.0 Å². The number of benzene rings is 2. The molecule has 15 heteroatoms. The Morgan fingerprint density at radius 2 is 1.92 bits per heavy atom. The lowest BCUT2D eigenvalue weighted by molar-refractivity contribution is -0.137. The number of hydrogen-bond acceptors (Lipinski definition) is 4. The lowest BCUT2D eigenvalue weighted by atomic mass is 10.0. The molecule has 3 aromatic rings. The molecule has 0 saturated carbocycles. The molecule has 0 saturated heterocycles. The zero-order chi connectivity index (χ0) is 27.5. The number of nitrogens with zero attached hydrogens (tertiary/aromatic N) is 4. The number of sulfonamides is 1. The molecular formula is C22H19ClF5N5O3S. The van der Waals surface area contributed by atoms with E-state index in [0.717, 1.165) is 12.5 Å². The first-order valence-corrected chi connectivity index (χ1v) is 12.1. The predicted molar refractivity (Wildman–Crippen MR) is 127 cm³/mol. The lowest BCUT2D eigenvalue weighted by Gasteiger charge is -2.18. The maximum absolute atomic E-state index is 14.0. The van der Waals surface area contributed by atoms with Crippen molar-refractivity contribution in [2.75, 3.05) is 19.4 Å². The zero-order valence-corrected chi connectivity index (χ0v) is 20.7. The van der Waals surface area contributed by atoms with Crippen LogP contribution in [0.3, 0.4) is 0 Å². The van der Waals surface area contributed by atoms with Crippen molar-refractivity contribution in [1.82, 2.24) is 14.7 Å². The van der Waals surface area contributed by atoms with E-state index in [1.807, 2.05) is 0 Å². The second-order valence-electron chi connectivity index (χ2n) is 7.85. The number of rotatable bonds is 8. The lowest BCUT2D eigenvalue weighted by Crippen LogP contribution is -2.19. The summed E-state index contributed by atoms with van der Waals surface area (Å²) in [5, 5.41) is 5.67. The summed E-state index contributed by atoms with van der Waals surface area (Å²) in [7, 11) is -1.75. The SMILES string of the molecule is CN(C)/C=N/S(=O)(=O)c1cc(NC(=O)Cc2ccccc2Cl)c(C(F)(F)F)cc1-c1cnn(C(F)F)c1. The van der Waals surface area contributed by atoms with Crippen molar-refractivity contribution >= 4 is 39.6 Å². The second kappa shape index (κ2) is 10.8. The van der Waals surface area contributed by atoms with Crippen LogP contribution in [0.2, 0.25) is 5.02 Å². The largest absolute Gasteiger partial charge is 0.418 e. The van der Waals surface area contributed by atoms with Crippen molar-refractivity contribution in [3.8, 4) is 11.1 Å². The van der Waals surface area contributed by atoms with Gasteiger partial charge in [-0.2, -0.15) is 35.5 Å². The average molecular weight is 564 g/mol. The van der Waals surface area contributed by atoms with Gasteiger partial charge in [-0.05, 0) is 23.8 Å². The van der Waals surface area contributed by atoms with E-state index in [1.54, 1.807) is 12.1 Å². The highest BCUT2D eigenvalue weighted by Crippen LogP contribution is 2.41. The minimum absolute atomic E-state index is 0.154. The van der Waals surface area contributed by atoms with Crippen LogP contribution in [-0.4, -0.2) is 49.4 Å². The molecule has 1 aromatic heterocycles. The Morgan fingerprint density at radius 1 is 1.24 bits per heavy atom. The van der Waals surface area contributed by atoms with Crippen LogP contribution in [0.4, 0.5) is 27.6 Å². The highest BCUT2D eigenvalue weighted by atomic mass is 35.5. The van der Waals surface area contributed by atoms with Gasteiger partial charge in [0.2, 0.25) is 5.91 Å². The molecule has 0 radical (unpaired) electrons. The first-order chi connectivity index (χ1) is 17.2. The van der Waals surface area contributed by atoms with Gasteiger partial charge in [0, 0.05) is 36.4 Å². The maximum atomic E-state index is 14.0. The minimum atomic E-state index is -5.06. The van der Waals surface area contributed by atoms with Gasteiger partial charge in [0.25, 0.3) is 10.0 Å². The van der Waals surface area contributed by atoms with E-state index in [-0.39, 0.29) is 15.3 Å². The molecule has 0 aliphatic heterocycles. The molecule has 3 rings (SSSR count). The topological polar surface area (TPSA) is 96.7 Å². The first kappa shape index (κ1) is 28.1. The van der Waals surface area contributed by atoms with Crippen LogP contribution >= 0.6 is 11.6 Å². The van der Waals surface area contributed by atoms with Crippen LogP contribution in [0.15, 0.2) is 58.1 Å². The molecule has 0 aliphatic carbocycles. The quantitative estimate of drug-likeness (QED) is 0.234. The Labute approximate surface area is 213 Å². The van der Waals surface area contributed by atoms with Crippen LogP contribution in [0.1, 0.15) is 17.7 Å². The summed E-state index contributed by atoms with van der Waals surface area (Å²) in [5.41, 5.74) is -2.86. The molecule has 2 aromatic carbocycles. The van der Waals surface area contributed by atoms with E-state index in [0.29, 0.717) is 23.9 Å². The number of anilines is 1. The van der Waals surface area contributed by atoms with Crippen LogP contribution in [0.5, 0.6) is 0 Å². The Morgan fingerprint density at radius 3 is 2.49 bits per heavy atom. The molecule has 0 fully saturated rings. The monoisotopic (exact) mass is 563 g/mol. The molecule has 8 nitrogen and oxygen atoms in total. The summed E-state index contributed by atoms with van der Waals surface area (Å²) in [6, 6.07) is 7.21. The van der Waals surface area contributed by atoms with E-state index in [4.69, 9.17) is 11.6 Å². The van der Waals surface area contributed by atoms with Crippen LogP contribution in [-0.2, 0) is 27.4 Å². The van der Waals surface area contributed by atoms with E-state index in [1.165, 1.54) is 31.1 Å². The highest BCUT2D eigenvalue weighted by molar-refractivity contribution is 7.90. The average Bonchev–Trinajstić information content (AvgIpc) is 3.29. The van der Waals surface area contributed by atoms with E-state index in [2.05, 4.69) is 14.8 Å². The fourth-order valence-electron chi connectivity index (χ4n) is 3.16. The Bertz CT molecular complexity index is 1440. The van der Waals surface area contributed by atoms with Gasteiger partial charge in [0.15, 0.2) is 0 Å². The number of aromatic nitrogens is 2. The summed E-state index contributed by atoms with van der Waals surface area (Å²) in [6.45, 7) is -3.12. The summed E-state index contributed by atoms with van der Waals surface area (Å²) >= 11 is 6.01. The Balaban J connectivity index is 2.19. The van der Waals surface area contributed by atoms with Crippen molar-refractivity contribution in [1.29, 1.82) is 0 Å². The molecule has 0 spiro atoms. The van der Waals surface area contributed by atoms with Crippen molar-refractivity contribution < 1.29 is 35.2 Å². The third kappa shape index (κ3) is 6.83. The molecular weight excluding hydrogens is 545 g/mol. The summed E-state index contributed by atoms with van der Waals surface area (Å²) in [5.74, 6) is -0.906. The minimum Gasteiger partial charge on any atom is -0.368 e. The van der Waals surface area contributed by atoms with Gasteiger partial charge in [0.05, 0.1) is 28.8 Å². The fourth-order valence-corrected chi connectivity index (χ4v) is 4.51. The number of nitrogens with one attached hydrogen (secondary N) is 1. The van der Waals surface area contributed by atoms with Crippen LogP contribution in [0, 0.1) is 0 Å². The Hall–Kier alpha value is -3.52. The zero-order valence-electron chi connectivity index (χ0n) is 19.2. The van der Waals surface area contributed by atoms with Crippen LogP contribution in [0.25, 0.3) is 11.1 Å². The predicted octanol–water partition coefficient (Wildman–Crippen LogP) is 5.08. The molecule has 0 bridgehead atoms. The molecule has 37 heavy (non-hydrogen) atoms. The van der Waals surface area contributed by atoms with Gasteiger partial charge in [-0.15, -0.1) is 4.40 Å². The van der Waals surface area contributed by atoms with Gasteiger partial charge in [-0.3, -0.25) is 4.79 Å².